The molecule has 0 bridgehead atoms. The van der Waals surface area contributed by atoms with Gasteiger partial charge in [0.05, 0.1) is 11.7 Å². The molecule has 0 aromatic heterocycles. The van der Waals surface area contributed by atoms with E-state index in [1.54, 1.807) is 0 Å². The summed E-state index contributed by atoms with van der Waals surface area (Å²) in [5.74, 6) is 0.372. The summed E-state index contributed by atoms with van der Waals surface area (Å²) < 4.78 is 0. The van der Waals surface area contributed by atoms with E-state index in [0.29, 0.717) is 11.9 Å². The Morgan fingerprint density at radius 3 is 2.52 bits per heavy atom. The molecule has 2 aliphatic rings. The van der Waals surface area contributed by atoms with E-state index in [2.05, 4.69) is 42.8 Å². The Morgan fingerprint density at radius 1 is 1.33 bits per heavy atom. The van der Waals surface area contributed by atoms with Crippen molar-refractivity contribution in [2.24, 2.45) is 0 Å². The molecule has 0 radical (unpaired) electrons. The van der Waals surface area contributed by atoms with Crippen molar-refractivity contribution in [3.8, 4) is 0 Å². The van der Waals surface area contributed by atoms with Gasteiger partial charge in [-0.05, 0) is 58.7 Å². The summed E-state index contributed by atoms with van der Waals surface area (Å²) in [6.07, 6.45) is 6.84. The largest absolute Gasteiger partial charge is 0.323 e. The first kappa shape index (κ1) is 16.8. The normalized spacial score (nSPS) is 25.1. The van der Waals surface area contributed by atoms with Gasteiger partial charge in [-0.25, -0.2) is 0 Å². The van der Waals surface area contributed by atoms with E-state index in [-0.39, 0.29) is 11.7 Å². The number of rotatable bonds is 9. The second kappa shape index (κ2) is 7.10. The van der Waals surface area contributed by atoms with Crippen LogP contribution in [0.4, 0.5) is 0 Å². The van der Waals surface area contributed by atoms with Gasteiger partial charge in [-0.15, -0.1) is 0 Å². The molecular weight excluding hydrogens is 262 g/mol. The molecule has 1 N–H and O–H groups in total. The van der Waals surface area contributed by atoms with E-state index in [4.69, 9.17) is 0 Å². The van der Waals surface area contributed by atoms with Crippen LogP contribution in [0.15, 0.2) is 0 Å². The molecule has 4 nitrogen and oxygen atoms in total. The molecule has 2 rings (SSSR count). The Balaban J connectivity index is 1.87. The third-order valence-corrected chi connectivity index (χ3v) is 5.20. The lowest BCUT2D eigenvalue weighted by molar-refractivity contribution is -0.132. The van der Waals surface area contributed by atoms with Gasteiger partial charge in [0.15, 0.2) is 0 Å². The van der Waals surface area contributed by atoms with Crippen LogP contribution in [-0.4, -0.2) is 53.1 Å². The fourth-order valence-corrected chi connectivity index (χ4v) is 3.60. The first-order valence-electron chi connectivity index (χ1n) is 8.90. The zero-order valence-electron chi connectivity index (χ0n) is 14.3. The molecule has 0 aromatic carbocycles. The lowest BCUT2D eigenvalue weighted by Gasteiger charge is -2.31. The molecule has 1 amide bonds. The highest BCUT2D eigenvalue weighted by atomic mass is 16.2. The van der Waals surface area contributed by atoms with Crippen LogP contribution < -0.4 is 5.32 Å². The van der Waals surface area contributed by atoms with Crippen LogP contribution in [0.2, 0.25) is 0 Å². The highest BCUT2D eigenvalue weighted by molar-refractivity contribution is 5.92. The fraction of sp³-hybridized carbons (Fsp3) is 0.941. The third-order valence-electron chi connectivity index (χ3n) is 5.20. The summed E-state index contributed by atoms with van der Waals surface area (Å²) in [7, 11) is 0. The van der Waals surface area contributed by atoms with Gasteiger partial charge in [-0.3, -0.25) is 10.1 Å². The van der Waals surface area contributed by atoms with E-state index in [9.17, 15) is 4.79 Å². The SMILES string of the molecule is CCCC1NC2(CC2)C(=O)N1C(C)CCCN(CC)CC. The molecular formula is C17H33N3O. The summed E-state index contributed by atoms with van der Waals surface area (Å²) >= 11 is 0. The Hall–Kier alpha value is -0.610. The van der Waals surface area contributed by atoms with Crippen molar-refractivity contribution in [1.82, 2.24) is 15.1 Å². The second-order valence-corrected chi connectivity index (χ2v) is 6.76. The predicted octanol–water partition coefficient (Wildman–Crippen LogP) is 2.59. The smallest absolute Gasteiger partial charge is 0.244 e. The molecule has 1 saturated carbocycles. The summed E-state index contributed by atoms with van der Waals surface area (Å²) in [4.78, 5) is 17.3. The minimum Gasteiger partial charge on any atom is -0.323 e. The highest BCUT2D eigenvalue weighted by Gasteiger charge is 2.59. The minimum absolute atomic E-state index is 0.160. The summed E-state index contributed by atoms with van der Waals surface area (Å²) in [6, 6.07) is 0.358. The average Bonchev–Trinajstić information content (AvgIpc) is 3.19. The molecule has 122 valence electrons. The zero-order chi connectivity index (χ0) is 15.5. The molecule has 1 spiro atoms. The van der Waals surface area contributed by atoms with Crippen molar-refractivity contribution >= 4 is 5.91 Å². The van der Waals surface area contributed by atoms with Crippen molar-refractivity contribution in [3.63, 3.8) is 0 Å². The van der Waals surface area contributed by atoms with Gasteiger partial charge in [0.1, 0.15) is 0 Å². The van der Waals surface area contributed by atoms with Gasteiger partial charge in [-0.1, -0.05) is 27.2 Å². The van der Waals surface area contributed by atoms with Crippen molar-refractivity contribution in [3.05, 3.63) is 0 Å². The van der Waals surface area contributed by atoms with Crippen molar-refractivity contribution in [1.29, 1.82) is 0 Å². The van der Waals surface area contributed by atoms with Gasteiger partial charge in [-0.2, -0.15) is 0 Å². The number of hydrogen-bond acceptors (Lipinski definition) is 3. The molecule has 1 heterocycles. The molecule has 0 aromatic rings. The van der Waals surface area contributed by atoms with Crippen LogP contribution in [0, 0.1) is 0 Å². The Bertz CT molecular complexity index is 350. The Kier molecular flexibility index (Phi) is 5.67. The predicted molar refractivity (Wildman–Crippen MR) is 87.1 cm³/mol. The molecule has 2 unspecified atom stereocenters. The van der Waals surface area contributed by atoms with E-state index in [1.165, 1.54) is 6.42 Å². The molecule has 4 heteroatoms. The number of amides is 1. The number of hydrogen-bond donors (Lipinski definition) is 1. The first-order chi connectivity index (χ1) is 10.1. The molecule has 1 aliphatic carbocycles. The van der Waals surface area contributed by atoms with Crippen LogP contribution in [0.25, 0.3) is 0 Å². The Labute approximate surface area is 130 Å². The van der Waals surface area contributed by atoms with Crippen LogP contribution in [0.1, 0.15) is 66.2 Å². The van der Waals surface area contributed by atoms with E-state index >= 15 is 0 Å². The standard InChI is InChI=1S/C17H33N3O/c1-5-9-15-18-17(11-12-17)16(21)20(15)14(4)10-8-13-19(6-2)7-3/h14-15,18H,5-13H2,1-4H3. The van der Waals surface area contributed by atoms with Crippen molar-refractivity contribution < 1.29 is 4.79 Å². The van der Waals surface area contributed by atoms with Gasteiger partial charge >= 0.3 is 0 Å². The van der Waals surface area contributed by atoms with E-state index in [0.717, 1.165) is 51.7 Å². The minimum atomic E-state index is -0.160. The molecule has 2 fully saturated rings. The average molecular weight is 295 g/mol. The van der Waals surface area contributed by atoms with Crippen LogP contribution >= 0.6 is 0 Å². The molecule has 1 saturated heterocycles. The number of nitrogens with zero attached hydrogens (tertiary/aromatic N) is 2. The molecule has 1 aliphatic heterocycles. The van der Waals surface area contributed by atoms with Crippen LogP contribution in [0.3, 0.4) is 0 Å². The maximum atomic E-state index is 12.7. The summed E-state index contributed by atoms with van der Waals surface area (Å²) in [5, 5.41) is 3.61. The quantitative estimate of drug-likeness (QED) is 0.710. The summed E-state index contributed by atoms with van der Waals surface area (Å²) in [6.45, 7) is 12.3. The lowest BCUT2D eigenvalue weighted by Crippen LogP contribution is -2.43. The maximum Gasteiger partial charge on any atom is 0.244 e. The van der Waals surface area contributed by atoms with Gasteiger partial charge in [0, 0.05) is 6.04 Å². The highest BCUT2D eigenvalue weighted by Crippen LogP contribution is 2.43. The third kappa shape index (κ3) is 3.59. The van der Waals surface area contributed by atoms with Gasteiger partial charge in [0.25, 0.3) is 0 Å². The van der Waals surface area contributed by atoms with Gasteiger partial charge < -0.3 is 9.80 Å². The lowest BCUT2D eigenvalue weighted by atomic mass is 10.1. The maximum absolute atomic E-state index is 12.7. The monoisotopic (exact) mass is 295 g/mol. The second-order valence-electron chi connectivity index (χ2n) is 6.76. The molecule has 21 heavy (non-hydrogen) atoms. The van der Waals surface area contributed by atoms with Crippen LogP contribution in [-0.2, 0) is 4.79 Å². The zero-order valence-corrected chi connectivity index (χ0v) is 14.3. The number of carbonyl (C=O) groups is 1. The van der Waals surface area contributed by atoms with Crippen molar-refractivity contribution in [2.45, 2.75) is 84.0 Å². The van der Waals surface area contributed by atoms with Gasteiger partial charge in [0.2, 0.25) is 5.91 Å². The van der Waals surface area contributed by atoms with Crippen LogP contribution in [0.5, 0.6) is 0 Å². The van der Waals surface area contributed by atoms with Crippen molar-refractivity contribution in [2.75, 3.05) is 19.6 Å². The summed E-state index contributed by atoms with van der Waals surface area (Å²) in [5.41, 5.74) is -0.160. The topological polar surface area (TPSA) is 35.6 Å². The first-order valence-corrected chi connectivity index (χ1v) is 8.90. The number of carbonyl (C=O) groups excluding carboxylic acids is 1. The fourth-order valence-electron chi connectivity index (χ4n) is 3.60. The Morgan fingerprint density at radius 2 is 2.00 bits per heavy atom. The molecule has 2 atom stereocenters. The van der Waals surface area contributed by atoms with E-state index < -0.39 is 0 Å². The van der Waals surface area contributed by atoms with E-state index in [1.807, 2.05) is 0 Å². The number of nitrogens with one attached hydrogen (secondary N) is 1.